The van der Waals surface area contributed by atoms with E-state index in [1.165, 1.54) is 19.2 Å². The molecule has 0 atom stereocenters. The number of hydrogen-bond donors (Lipinski definition) is 1. The lowest BCUT2D eigenvalue weighted by atomic mass is 10.2. The van der Waals surface area contributed by atoms with E-state index in [0.717, 1.165) is 17.7 Å². The summed E-state index contributed by atoms with van der Waals surface area (Å²) in [4.78, 5) is 14.5. The van der Waals surface area contributed by atoms with Crippen molar-refractivity contribution in [3.05, 3.63) is 35.4 Å². The SMILES string of the molecule is CC(=O)NCCC=Cc1ncc(F)cc1C. The van der Waals surface area contributed by atoms with Crippen LogP contribution in [0.25, 0.3) is 6.08 Å². The van der Waals surface area contributed by atoms with E-state index in [0.29, 0.717) is 6.54 Å². The first kappa shape index (κ1) is 12.4. The van der Waals surface area contributed by atoms with Gasteiger partial charge in [0.2, 0.25) is 5.91 Å². The molecular formula is C12H15FN2O. The first-order valence-electron chi connectivity index (χ1n) is 5.12. The minimum absolute atomic E-state index is 0.0375. The number of aryl methyl sites for hydroxylation is 1. The van der Waals surface area contributed by atoms with Crippen molar-refractivity contribution in [3.63, 3.8) is 0 Å². The molecule has 0 aromatic carbocycles. The number of rotatable bonds is 4. The molecule has 86 valence electrons. The first-order chi connectivity index (χ1) is 7.59. The Hall–Kier alpha value is -1.71. The third-order valence-electron chi connectivity index (χ3n) is 2.05. The number of carbonyl (C=O) groups excluding carboxylic acids is 1. The third kappa shape index (κ3) is 4.21. The average Bonchev–Trinajstić information content (AvgIpc) is 2.20. The van der Waals surface area contributed by atoms with Gasteiger partial charge < -0.3 is 5.32 Å². The van der Waals surface area contributed by atoms with E-state index in [9.17, 15) is 9.18 Å². The Morgan fingerprint density at radius 1 is 1.62 bits per heavy atom. The smallest absolute Gasteiger partial charge is 0.216 e. The van der Waals surface area contributed by atoms with Gasteiger partial charge in [-0.25, -0.2) is 4.39 Å². The van der Waals surface area contributed by atoms with Crippen molar-refractivity contribution in [1.82, 2.24) is 10.3 Å². The molecule has 0 aliphatic carbocycles. The summed E-state index contributed by atoms with van der Waals surface area (Å²) in [6, 6.07) is 1.44. The number of pyridine rings is 1. The van der Waals surface area contributed by atoms with E-state index in [4.69, 9.17) is 0 Å². The van der Waals surface area contributed by atoms with Crippen LogP contribution in [0.5, 0.6) is 0 Å². The van der Waals surface area contributed by atoms with Crippen molar-refractivity contribution >= 4 is 12.0 Å². The zero-order valence-electron chi connectivity index (χ0n) is 9.46. The molecule has 0 fully saturated rings. The molecule has 3 nitrogen and oxygen atoms in total. The van der Waals surface area contributed by atoms with Crippen LogP contribution in [0.4, 0.5) is 4.39 Å². The molecule has 1 heterocycles. The molecule has 0 bridgehead atoms. The lowest BCUT2D eigenvalue weighted by molar-refractivity contribution is -0.118. The lowest BCUT2D eigenvalue weighted by Gasteiger charge is -1.99. The molecule has 0 aliphatic heterocycles. The Morgan fingerprint density at radius 3 is 3.00 bits per heavy atom. The van der Waals surface area contributed by atoms with Gasteiger partial charge in [-0.15, -0.1) is 0 Å². The number of hydrogen-bond acceptors (Lipinski definition) is 2. The van der Waals surface area contributed by atoms with Crippen molar-refractivity contribution in [2.24, 2.45) is 0 Å². The van der Waals surface area contributed by atoms with Crippen LogP contribution in [-0.4, -0.2) is 17.4 Å². The fourth-order valence-electron chi connectivity index (χ4n) is 1.25. The van der Waals surface area contributed by atoms with Gasteiger partial charge in [-0.1, -0.05) is 6.08 Å². The predicted molar refractivity (Wildman–Crippen MR) is 61.3 cm³/mol. The van der Waals surface area contributed by atoms with E-state index >= 15 is 0 Å². The molecule has 0 saturated carbocycles. The highest BCUT2D eigenvalue weighted by molar-refractivity contribution is 5.72. The topological polar surface area (TPSA) is 42.0 Å². The molecule has 1 rings (SSSR count). The molecule has 16 heavy (non-hydrogen) atoms. The summed E-state index contributed by atoms with van der Waals surface area (Å²) >= 11 is 0. The fourth-order valence-corrected chi connectivity index (χ4v) is 1.25. The number of halogens is 1. The number of carbonyl (C=O) groups is 1. The maximum absolute atomic E-state index is 12.7. The average molecular weight is 222 g/mol. The van der Waals surface area contributed by atoms with E-state index < -0.39 is 0 Å². The van der Waals surface area contributed by atoms with E-state index in [-0.39, 0.29) is 11.7 Å². The predicted octanol–water partition coefficient (Wildman–Crippen LogP) is 2.07. The summed E-state index contributed by atoms with van der Waals surface area (Å²) < 4.78 is 12.7. The van der Waals surface area contributed by atoms with Gasteiger partial charge in [-0.05, 0) is 31.1 Å². The molecule has 0 aliphatic rings. The van der Waals surface area contributed by atoms with E-state index in [1.54, 1.807) is 0 Å². The van der Waals surface area contributed by atoms with Crippen LogP contribution in [0.2, 0.25) is 0 Å². The van der Waals surface area contributed by atoms with Gasteiger partial charge in [0, 0.05) is 13.5 Å². The summed E-state index contributed by atoms with van der Waals surface area (Å²) in [6.07, 6.45) is 5.67. The summed E-state index contributed by atoms with van der Waals surface area (Å²) in [5, 5.41) is 2.68. The Kier molecular flexibility index (Phi) is 4.64. The van der Waals surface area contributed by atoms with Gasteiger partial charge in [0.05, 0.1) is 11.9 Å². The second kappa shape index (κ2) is 6.00. The normalized spacial score (nSPS) is 10.7. The quantitative estimate of drug-likeness (QED) is 0.792. The van der Waals surface area contributed by atoms with Gasteiger partial charge in [-0.2, -0.15) is 0 Å². The standard InChI is InChI=1S/C12H15FN2O/c1-9-7-11(13)8-15-12(9)5-3-4-6-14-10(2)16/h3,5,7-8H,4,6H2,1-2H3,(H,14,16). The molecule has 0 saturated heterocycles. The van der Waals surface area contributed by atoms with Crippen molar-refractivity contribution in [2.45, 2.75) is 20.3 Å². The Bertz CT molecular complexity index is 402. The summed E-state index contributed by atoms with van der Waals surface area (Å²) in [5.74, 6) is -0.364. The van der Waals surface area contributed by atoms with E-state index in [1.807, 2.05) is 19.1 Å². The van der Waals surface area contributed by atoms with Crippen molar-refractivity contribution < 1.29 is 9.18 Å². The molecule has 0 unspecified atom stereocenters. The number of aromatic nitrogens is 1. The van der Waals surface area contributed by atoms with E-state index in [2.05, 4.69) is 10.3 Å². The highest BCUT2D eigenvalue weighted by Gasteiger charge is 1.97. The number of nitrogens with one attached hydrogen (secondary N) is 1. The minimum Gasteiger partial charge on any atom is -0.356 e. The summed E-state index contributed by atoms with van der Waals surface area (Å²) in [6.45, 7) is 3.89. The highest BCUT2D eigenvalue weighted by Crippen LogP contribution is 2.08. The molecule has 1 N–H and O–H groups in total. The first-order valence-corrected chi connectivity index (χ1v) is 5.12. The van der Waals surface area contributed by atoms with Gasteiger partial charge >= 0.3 is 0 Å². The van der Waals surface area contributed by atoms with Crippen LogP contribution < -0.4 is 5.32 Å². The minimum atomic E-state index is -0.326. The molecular weight excluding hydrogens is 207 g/mol. The van der Waals surface area contributed by atoms with Crippen LogP contribution in [0, 0.1) is 12.7 Å². The highest BCUT2D eigenvalue weighted by atomic mass is 19.1. The molecule has 1 aromatic rings. The zero-order chi connectivity index (χ0) is 12.0. The molecule has 4 heteroatoms. The number of amides is 1. The molecule has 0 radical (unpaired) electrons. The maximum Gasteiger partial charge on any atom is 0.216 e. The second-order valence-electron chi connectivity index (χ2n) is 3.53. The summed E-state index contributed by atoms with van der Waals surface area (Å²) in [7, 11) is 0. The Balaban J connectivity index is 2.47. The van der Waals surface area contributed by atoms with Crippen LogP contribution in [0.15, 0.2) is 18.3 Å². The largest absolute Gasteiger partial charge is 0.356 e. The van der Waals surface area contributed by atoms with Gasteiger partial charge in [0.15, 0.2) is 0 Å². The number of nitrogens with zero attached hydrogens (tertiary/aromatic N) is 1. The van der Waals surface area contributed by atoms with Crippen molar-refractivity contribution in [2.75, 3.05) is 6.54 Å². The second-order valence-corrected chi connectivity index (χ2v) is 3.53. The van der Waals surface area contributed by atoms with Crippen LogP contribution in [0.1, 0.15) is 24.6 Å². The fraction of sp³-hybridized carbons (Fsp3) is 0.333. The van der Waals surface area contributed by atoms with Crippen LogP contribution in [0.3, 0.4) is 0 Å². The van der Waals surface area contributed by atoms with Gasteiger partial charge in [-0.3, -0.25) is 9.78 Å². The molecule has 1 aromatic heterocycles. The Morgan fingerprint density at radius 2 is 2.38 bits per heavy atom. The maximum atomic E-state index is 12.7. The molecule has 1 amide bonds. The third-order valence-corrected chi connectivity index (χ3v) is 2.05. The van der Waals surface area contributed by atoms with Crippen molar-refractivity contribution in [3.8, 4) is 0 Å². The van der Waals surface area contributed by atoms with Crippen LogP contribution >= 0.6 is 0 Å². The van der Waals surface area contributed by atoms with Crippen molar-refractivity contribution in [1.29, 1.82) is 0 Å². The zero-order valence-corrected chi connectivity index (χ0v) is 9.46. The Labute approximate surface area is 94.4 Å². The summed E-state index contributed by atoms with van der Waals surface area (Å²) in [5.41, 5.74) is 1.56. The van der Waals surface area contributed by atoms with Gasteiger partial charge in [0.25, 0.3) is 0 Å². The molecule has 0 spiro atoms. The van der Waals surface area contributed by atoms with Gasteiger partial charge in [0.1, 0.15) is 5.82 Å². The van der Waals surface area contributed by atoms with Crippen LogP contribution in [-0.2, 0) is 4.79 Å². The monoisotopic (exact) mass is 222 g/mol. The lowest BCUT2D eigenvalue weighted by Crippen LogP contribution is -2.20.